The van der Waals surface area contributed by atoms with Gasteiger partial charge in [-0.05, 0) is 46.2 Å². The Labute approximate surface area is 155 Å². The van der Waals surface area contributed by atoms with Crippen LogP contribution in [0.5, 0.6) is 5.75 Å². The molecule has 0 spiro atoms. The molecule has 124 valence electrons. The van der Waals surface area contributed by atoms with E-state index in [4.69, 9.17) is 4.74 Å². The Morgan fingerprint density at radius 1 is 1.38 bits per heavy atom. The molecule has 3 amide bonds. The third-order valence-electron chi connectivity index (χ3n) is 3.63. The fourth-order valence-corrected chi connectivity index (χ4v) is 6.01. The molecule has 0 bridgehead atoms. The van der Waals surface area contributed by atoms with Crippen molar-refractivity contribution in [2.24, 2.45) is 4.36 Å². The number of nitrogens with one attached hydrogen (secondary N) is 2. The molecule has 1 atom stereocenters. The Bertz CT molecular complexity index is 1010. The molecule has 10 heteroatoms. The molecule has 24 heavy (non-hydrogen) atoms. The summed E-state index contributed by atoms with van der Waals surface area (Å²) in [5, 5.41) is 4.37. The lowest BCUT2D eigenvalue weighted by Gasteiger charge is -2.13. The number of ether oxygens (including phenoxy) is 1. The van der Waals surface area contributed by atoms with Gasteiger partial charge in [-0.3, -0.25) is 4.79 Å². The van der Waals surface area contributed by atoms with E-state index in [0.29, 0.717) is 23.6 Å². The van der Waals surface area contributed by atoms with Gasteiger partial charge in [0.05, 0.1) is 17.2 Å². The first kappa shape index (κ1) is 15.8. The smallest absolute Gasteiger partial charge is 0.332 e. The minimum atomic E-state index is -3.28. The summed E-state index contributed by atoms with van der Waals surface area (Å²) in [5.74, 6) is 0.171. The van der Waals surface area contributed by atoms with Gasteiger partial charge in [-0.25, -0.2) is 13.7 Å². The second-order valence-electron chi connectivity index (χ2n) is 5.09. The van der Waals surface area contributed by atoms with Crippen molar-refractivity contribution in [2.45, 2.75) is 11.3 Å². The number of nitrogens with zero attached hydrogens (tertiary/aromatic N) is 1. The summed E-state index contributed by atoms with van der Waals surface area (Å²) < 4.78 is 25.1. The molecule has 2 N–H and O–H groups in total. The van der Waals surface area contributed by atoms with E-state index >= 15 is 0 Å². The molecule has 2 aliphatic heterocycles. The molecule has 3 heterocycles. The first-order valence-electron chi connectivity index (χ1n) is 6.90. The van der Waals surface area contributed by atoms with E-state index in [0.717, 1.165) is 26.2 Å². The van der Waals surface area contributed by atoms with Crippen molar-refractivity contribution in [3.8, 4) is 5.75 Å². The predicted octanol–water partition coefficient (Wildman–Crippen LogP) is 3.01. The molecule has 0 radical (unpaired) electrons. The van der Waals surface area contributed by atoms with Crippen LogP contribution in [-0.2, 0) is 16.3 Å². The van der Waals surface area contributed by atoms with Crippen molar-refractivity contribution in [3.63, 3.8) is 0 Å². The zero-order valence-electron chi connectivity index (χ0n) is 12.0. The first-order valence-corrected chi connectivity index (χ1v) is 10.4. The van der Waals surface area contributed by atoms with E-state index in [9.17, 15) is 13.8 Å². The summed E-state index contributed by atoms with van der Waals surface area (Å²) >= 11 is 3.27. The van der Waals surface area contributed by atoms with E-state index in [1.807, 2.05) is 12.1 Å². The molecule has 4 rings (SSSR count). The Morgan fingerprint density at radius 2 is 2.21 bits per heavy atom. The first-order chi connectivity index (χ1) is 11.5. The number of anilines is 1. The van der Waals surface area contributed by atoms with Crippen LogP contribution >= 0.6 is 33.9 Å². The number of carbonyl (C=O) groups excluding carboxylic acids is 2. The quantitative estimate of drug-likeness (QED) is 0.653. The number of urea groups is 1. The van der Waals surface area contributed by atoms with Crippen LogP contribution in [0.2, 0.25) is 0 Å². The van der Waals surface area contributed by atoms with Crippen LogP contribution in [-0.4, -0.2) is 22.8 Å². The van der Waals surface area contributed by atoms with Crippen LogP contribution in [0.15, 0.2) is 32.8 Å². The van der Waals surface area contributed by atoms with E-state index in [-0.39, 0.29) is 4.90 Å². The third kappa shape index (κ3) is 2.48. The predicted molar refractivity (Wildman–Crippen MR) is 98.0 cm³/mol. The van der Waals surface area contributed by atoms with Crippen LogP contribution in [0.3, 0.4) is 0 Å². The van der Waals surface area contributed by atoms with Crippen molar-refractivity contribution < 1.29 is 18.5 Å². The molecule has 1 aromatic heterocycles. The lowest BCUT2D eigenvalue weighted by atomic mass is 10.1. The van der Waals surface area contributed by atoms with Gasteiger partial charge >= 0.3 is 6.03 Å². The number of hydrogen-bond acceptors (Lipinski definition) is 5. The van der Waals surface area contributed by atoms with Crippen molar-refractivity contribution in [3.05, 3.63) is 37.6 Å². The van der Waals surface area contributed by atoms with Gasteiger partial charge in [0, 0.05) is 15.6 Å². The zero-order chi connectivity index (χ0) is 16.9. The summed E-state index contributed by atoms with van der Waals surface area (Å²) in [6, 6.07) is 4.57. The summed E-state index contributed by atoms with van der Waals surface area (Å²) in [4.78, 5) is 24.7. The monoisotopic (exact) mass is 475 g/mol. The molecule has 0 aliphatic carbocycles. The van der Waals surface area contributed by atoms with Crippen molar-refractivity contribution in [2.75, 3.05) is 11.9 Å². The largest absolute Gasteiger partial charge is 0.493 e. The van der Waals surface area contributed by atoms with Crippen molar-refractivity contribution in [1.82, 2.24) is 4.72 Å². The summed E-state index contributed by atoms with van der Waals surface area (Å²) in [6.07, 6.45) is 0.689. The van der Waals surface area contributed by atoms with Gasteiger partial charge in [-0.15, -0.1) is 15.7 Å². The number of benzene rings is 1. The molecule has 1 aromatic carbocycles. The molecule has 2 aromatic rings. The molecular formula is C14H10IN3O4S2. The van der Waals surface area contributed by atoms with E-state index in [1.165, 1.54) is 0 Å². The average molecular weight is 475 g/mol. The number of carbonyl (C=O) groups is 2. The highest BCUT2D eigenvalue weighted by atomic mass is 127. The molecule has 0 saturated carbocycles. The number of halogens is 1. The van der Waals surface area contributed by atoms with E-state index in [1.54, 1.807) is 11.4 Å². The van der Waals surface area contributed by atoms with Gasteiger partial charge in [0.25, 0.3) is 5.91 Å². The maximum Gasteiger partial charge on any atom is 0.332 e. The SMILES string of the molecule is O=C(Nc1c(I)ccc2c1CCO2)NS1(=O)=NC(=O)c2sccc21. The fourth-order valence-electron chi connectivity index (χ4n) is 2.60. The highest BCUT2D eigenvalue weighted by Gasteiger charge is 2.32. The van der Waals surface area contributed by atoms with E-state index < -0.39 is 21.9 Å². The highest BCUT2D eigenvalue weighted by Crippen LogP contribution is 2.35. The number of rotatable bonds is 2. The second kappa shape index (κ2) is 5.70. The van der Waals surface area contributed by atoms with Crippen LogP contribution in [0.4, 0.5) is 10.5 Å². The van der Waals surface area contributed by atoms with E-state index in [2.05, 4.69) is 37.0 Å². The minimum Gasteiger partial charge on any atom is -0.493 e. The summed E-state index contributed by atoms with van der Waals surface area (Å²) in [6.45, 7) is 0.560. The number of amides is 3. The Kier molecular flexibility index (Phi) is 3.77. The lowest BCUT2D eigenvalue weighted by molar-refractivity contribution is 0.101. The average Bonchev–Trinajstić information content (AvgIpc) is 3.21. The summed E-state index contributed by atoms with van der Waals surface area (Å²) in [7, 11) is -3.28. The standard InChI is InChI=1S/C14H10IN3O4S2/c15-8-1-2-9-7(3-5-22-9)11(8)16-14(20)18-24(21)10-4-6-23-12(10)13(19)17-24/h1-2,4,6H,3,5H2,(H2,16,17,18,19,20,21). The highest BCUT2D eigenvalue weighted by molar-refractivity contribution is 14.1. The topological polar surface area (TPSA) is 96.9 Å². The Morgan fingerprint density at radius 3 is 3.04 bits per heavy atom. The molecule has 0 saturated heterocycles. The molecule has 1 unspecified atom stereocenters. The minimum absolute atomic E-state index is 0.268. The van der Waals surface area contributed by atoms with Crippen LogP contribution in [0, 0.1) is 3.57 Å². The van der Waals surface area contributed by atoms with Crippen molar-refractivity contribution >= 4 is 61.5 Å². The maximum atomic E-state index is 12.8. The number of hydrogen-bond donors (Lipinski definition) is 2. The molecule has 2 aliphatic rings. The van der Waals surface area contributed by atoms with Gasteiger partial charge in [0.15, 0.2) is 9.92 Å². The van der Waals surface area contributed by atoms with Gasteiger partial charge in [-0.1, -0.05) is 0 Å². The van der Waals surface area contributed by atoms with Gasteiger partial charge < -0.3 is 10.1 Å². The fraction of sp³-hybridized carbons (Fsp3) is 0.143. The number of fused-ring (bicyclic) bond motifs is 2. The summed E-state index contributed by atoms with van der Waals surface area (Å²) in [5.41, 5.74) is 1.53. The molecule has 7 nitrogen and oxygen atoms in total. The van der Waals surface area contributed by atoms with Gasteiger partial charge in [-0.2, -0.15) is 0 Å². The van der Waals surface area contributed by atoms with Gasteiger partial charge in [0.1, 0.15) is 10.6 Å². The zero-order valence-corrected chi connectivity index (χ0v) is 15.8. The lowest BCUT2D eigenvalue weighted by Crippen LogP contribution is -2.34. The van der Waals surface area contributed by atoms with Crippen LogP contribution in [0.25, 0.3) is 0 Å². The normalized spacial score (nSPS) is 20.8. The second-order valence-corrected chi connectivity index (χ2v) is 9.05. The van der Waals surface area contributed by atoms with Crippen molar-refractivity contribution in [1.29, 1.82) is 0 Å². The number of thiophene rings is 1. The Hall–Kier alpha value is -1.66. The molecule has 0 fully saturated rings. The van der Waals surface area contributed by atoms with Crippen LogP contribution < -0.4 is 14.8 Å². The maximum absolute atomic E-state index is 12.8. The van der Waals surface area contributed by atoms with Gasteiger partial charge in [0.2, 0.25) is 0 Å². The third-order valence-corrected chi connectivity index (χ3v) is 7.38. The Balaban J connectivity index is 1.62. The van der Waals surface area contributed by atoms with Crippen LogP contribution in [0.1, 0.15) is 15.2 Å². The molecular weight excluding hydrogens is 465 g/mol.